The number of hydrogen-bond donors (Lipinski definition) is 1. The van der Waals surface area contributed by atoms with E-state index in [9.17, 15) is 4.79 Å². The van der Waals surface area contributed by atoms with E-state index in [4.69, 9.17) is 14.2 Å². The van der Waals surface area contributed by atoms with Gasteiger partial charge in [-0.05, 0) is 24.3 Å². The Morgan fingerprint density at radius 3 is 2.32 bits per heavy atom. The van der Waals surface area contributed by atoms with Crippen LogP contribution in [-0.4, -0.2) is 32.2 Å². The molecular weight excluding hydrogens is 320 g/mol. The Labute approximate surface area is 145 Å². The lowest BCUT2D eigenvalue weighted by atomic mass is 10.1. The second kappa shape index (κ2) is 7.09. The molecule has 2 aromatic carbocycles. The van der Waals surface area contributed by atoms with E-state index in [1.165, 1.54) is 14.2 Å². The Kier molecular flexibility index (Phi) is 4.70. The van der Waals surface area contributed by atoms with Crippen LogP contribution in [0.15, 0.2) is 48.7 Å². The van der Waals surface area contributed by atoms with Crippen LogP contribution in [0.4, 0.5) is 5.69 Å². The first kappa shape index (κ1) is 16.6. The van der Waals surface area contributed by atoms with E-state index in [0.717, 1.165) is 5.39 Å². The van der Waals surface area contributed by atoms with E-state index in [0.29, 0.717) is 34.0 Å². The first-order valence-corrected chi connectivity index (χ1v) is 7.63. The summed E-state index contributed by atoms with van der Waals surface area (Å²) in [6, 6.07) is 12.5. The van der Waals surface area contributed by atoms with Crippen LogP contribution in [0.1, 0.15) is 10.4 Å². The average molecular weight is 338 g/mol. The number of benzene rings is 2. The van der Waals surface area contributed by atoms with E-state index >= 15 is 0 Å². The van der Waals surface area contributed by atoms with Gasteiger partial charge in [-0.3, -0.25) is 9.78 Å². The summed E-state index contributed by atoms with van der Waals surface area (Å²) >= 11 is 0. The van der Waals surface area contributed by atoms with Crippen molar-refractivity contribution in [3.8, 4) is 17.2 Å². The van der Waals surface area contributed by atoms with Crippen molar-refractivity contribution in [3.05, 3.63) is 54.2 Å². The van der Waals surface area contributed by atoms with Crippen LogP contribution in [0.3, 0.4) is 0 Å². The highest BCUT2D eigenvalue weighted by molar-refractivity contribution is 6.11. The molecule has 0 spiro atoms. The number of anilines is 1. The monoisotopic (exact) mass is 338 g/mol. The van der Waals surface area contributed by atoms with Crippen molar-refractivity contribution < 1.29 is 19.0 Å². The third kappa shape index (κ3) is 3.19. The van der Waals surface area contributed by atoms with E-state index < -0.39 is 0 Å². The van der Waals surface area contributed by atoms with Gasteiger partial charge in [0.15, 0.2) is 0 Å². The van der Waals surface area contributed by atoms with Crippen molar-refractivity contribution in [1.29, 1.82) is 0 Å². The molecular formula is C19H18N2O4. The van der Waals surface area contributed by atoms with Crippen molar-refractivity contribution in [2.75, 3.05) is 26.6 Å². The predicted molar refractivity (Wildman–Crippen MR) is 95.8 cm³/mol. The number of fused-ring (bicyclic) bond motifs is 1. The van der Waals surface area contributed by atoms with Crippen molar-refractivity contribution in [3.63, 3.8) is 0 Å². The minimum Gasteiger partial charge on any atom is -0.497 e. The minimum atomic E-state index is -0.352. The zero-order chi connectivity index (χ0) is 17.8. The molecule has 1 aromatic heterocycles. The Hall–Kier alpha value is -3.28. The van der Waals surface area contributed by atoms with Crippen LogP contribution < -0.4 is 19.5 Å². The van der Waals surface area contributed by atoms with Gasteiger partial charge in [-0.25, -0.2) is 0 Å². The van der Waals surface area contributed by atoms with Gasteiger partial charge in [0.1, 0.15) is 22.8 Å². The van der Waals surface area contributed by atoms with Gasteiger partial charge in [0.25, 0.3) is 5.91 Å². The van der Waals surface area contributed by atoms with Gasteiger partial charge in [-0.1, -0.05) is 12.1 Å². The second-order valence-electron chi connectivity index (χ2n) is 5.24. The molecule has 0 atom stereocenters. The van der Waals surface area contributed by atoms with Crippen LogP contribution in [0.5, 0.6) is 17.2 Å². The zero-order valence-electron chi connectivity index (χ0n) is 14.2. The SMILES string of the molecule is COc1cc(NC(=O)c2c(OC)cccc2OC)c2ncccc2c1. The molecule has 3 aromatic rings. The van der Waals surface area contributed by atoms with Crippen molar-refractivity contribution in [1.82, 2.24) is 4.98 Å². The van der Waals surface area contributed by atoms with Gasteiger partial charge >= 0.3 is 0 Å². The molecule has 0 aliphatic carbocycles. The number of pyridine rings is 1. The number of ether oxygens (including phenoxy) is 3. The molecule has 0 fully saturated rings. The highest BCUT2D eigenvalue weighted by Gasteiger charge is 2.19. The van der Waals surface area contributed by atoms with Crippen LogP contribution in [0, 0.1) is 0 Å². The number of hydrogen-bond acceptors (Lipinski definition) is 5. The lowest BCUT2D eigenvalue weighted by molar-refractivity contribution is 0.102. The number of methoxy groups -OCH3 is 3. The van der Waals surface area contributed by atoms with Crippen molar-refractivity contribution in [2.24, 2.45) is 0 Å². The molecule has 6 heteroatoms. The molecule has 6 nitrogen and oxygen atoms in total. The minimum absolute atomic E-state index is 0.319. The maximum absolute atomic E-state index is 12.9. The molecule has 0 unspecified atom stereocenters. The topological polar surface area (TPSA) is 69.7 Å². The molecule has 0 saturated carbocycles. The molecule has 1 N–H and O–H groups in total. The number of rotatable bonds is 5. The smallest absolute Gasteiger partial charge is 0.263 e. The molecule has 1 heterocycles. The summed E-state index contributed by atoms with van der Waals surface area (Å²) in [6.45, 7) is 0. The van der Waals surface area contributed by atoms with E-state index in [-0.39, 0.29) is 5.91 Å². The molecule has 25 heavy (non-hydrogen) atoms. The molecule has 0 bridgehead atoms. The Balaban J connectivity index is 2.06. The summed E-state index contributed by atoms with van der Waals surface area (Å²) in [5, 5.41) is 3.75. The molecule has 0 radical (unpaired) electrons. The van der Waals surface area contributed by atoms with Crippen molar-refractivity contribution in [2.45, 2.75) is 0 Å². The first-order valence-electron chi connectivity index (χ1n) is 7.63. The maximum Gasteiger partial charge on any atom is 0.263 e. The highest BCUT2D eigenvalue weighted by atomic mass is 16.5. The third-order valence-electron chi connectivity index (χ3n) is 3.82. The van der Waals surface area contributed by atoms with Gasteiger partial charge in [0, 0.05) is 17.6 Å². The van der Waals surface area contributed by atoms with Crippen LogP contribution >= 0.6 is 0 Å². The summed E-state index contributed by atoms with van der Waals surface area (Å²) in [4.78, 5) is 17.2. The second-order valence-corrected chi connectivity index (χ2v) is 5.24. The molecule has 0 saturated heterocycles. The molecule has 0 aliphatic rings. The number of nitrogens with zero attached hydrogens (tertiary/aromatic N) is 1. The van der Waals surface area contributed by atoms with Gasteiger partial charge in [0.2, 0.25) is 0 Å². The van der Waals surface area contributed by atoms with E-state index in [2.05, 4.69) is 10.3 Å². The highest BCUT2D eigenvalue weighted by Crippen LogP contribution is 2.32. The number of aromatic nitrogens is 1. The van der Waals surface area contributed by atoms with Gasteiger partial charge < -0.3 is 19.5 Å². The Bertz CT molecular complexity index is 902. The zero-order valence-corrected chi connectivity index (χ0v) is 14.2. The fourth-order valence-corrected chi connectivity index (χ4v) is 2.64. The van der Waals surface area contributed by atoms with E-state index in [1.54, 1.807) is 37.6 Å². The Morgan fingerprint density at radius 2 is 1.68 bits per heavy atom. The third-order valence-corrected chi connectivity index (χ3v) is 3.82. The number of nitrogens with one attached hydrogen (secondary N) is 1. The molecule has 1 amide bonds. The lowest BCUT2D eigenvalue weighted by Crippen LogP contribution is -2.15. The molecule has 128 valence electrons. The average Bonchev–Trinajstić information content (AvgIpc) is 2.66. The summed E-state index contributed by atoms with van der Waals surface area (Å²) in [6.07, 6.45) is 1.67. The largest absolute Gasteiger partial charge is 0.497 e. The summed E-state index contributed by atoms with van der Waals surface area (Å²) in [7, 11) is 4.59. The summed E-state index contributed by atoms with van der Waals surface area (Å²) < 4.78 is 15.9. The van der Waals surface area contributed by atoms with Gasteiger partial charge in [-0.15, -0.1) is 0 Å². The molecule has 0 aliphatic heterocycles. The fraction of sp³-hybridized carbons (Fsp3) is 0.158. The summed E-state index contributed by atoms with van der Waals surface area (Å²) in [5.41, 5.74) is 1.54. The van der Waals surface area contributed by atoms with Gasteiger partial charge in [0.05, 0.1) is 32.5 Å². The van der Waals surface area contributed by atoms with Crippen LogP contribution in [0.2, 0.25) is 0 Å². The fourth-order valence-electron chi connectivity index (χ4n) is 2.64. The summed E-state index contributed by atoms with van der Waals surface area (Å²) in [5.74, 6) is 1.13. The Morgan fingerprint density at radius 1 is 0.960 bits per heavy atom. The van der Waals surface area contributed by atoms with E-state index in [1.807, 2.05) is 18.2 Å². The van der Waals surface area contributed by atoms with Gasteiger partial charge in [-0.2, -0.15) is 0 Å². The van der Waals surface area contributed by atoms with Crippen molar-refractivity contribution >= 4 is 22.5 Å². The lowest BCUT2D eigenvalue weighted by Gasteiger charge is -2.14. The van der Waals surface area contributed by atoms with Crippen LogP contribution in [0.25, 0.3) is 10.9 Å². The number of amides is 1. The standard InChI is InChI=1S/C19H18N2O4/c1-23-13-10-12-6-5-9-20-18(12)14(11-13)21-19(22)17-15(24-2)7-4-8-16(17)25-3/h4-11H,1-3H3,(H,21,22). The first-order chi connectivity index (χ1) is 12.2. The quantitative estimate of drug-likeness (QED) is 0.771. The predicted octanol–water partition coefficient (Wildman–Crippen LogP) is 3.51. The molecule has 3 rings (SSSR count). The number of carbonyl (C=O) groups excluding carboxylic acids is 1. The normalized spacial score (nSPS) is 10.4. The van der Waals surface area contributed by atoms with Crippen LogP contribution in [-0.2, 0) is 0 Å². The maximum atomic E-state index is 12.9. The number of carbonyl (C=O) groups is 1.